The number of rotatable bonds is 4. The van der Waals surface area contributed by atoms with Crippen molar-refractivity contribution in [3.8, 4) is 5.75 Å². The number of hydrogen-bond donors (Lipinski definition) is 1. The molecule has 0 bridgehead atoms. The van der Waals surface area contributed by atoms with Crippen LogP contribution in [0.2, 0.25) is 5.02 Å². The number of anilines is 1. The van der Waals surface area contributed by atoms with Crippen molar-refractivity contribution in [2.24, 2.45) is 5.41 Å². The van der Waals surface area contributed by atoms with Gasteiger partial charge in [0.2, 0.25) is 0 Å². The first-order chi connectivity index (χ1) is 17.8. The number of nitrogens with one attached hydrogen (secondary N) is 1. The second-order valence-electron chi connectivity index (χ2n) is 10.7. The van der Waals surface area contributed by atoms with Crippen molar-refractivity contribution in [3.05, 3.63) is 112 Å². The Hall–Kier alpha value is -3.63. The van der Waals surface area contributed by atoms with Gasteiger partial charge in [0.25, 0.3) is 0 Å². The molecule has 1 unspecified atom stereocenters. The van der Waals surface area contributed by atoms with E-state index in [1.54, 1.807) is 12.1 Å². The van der Waals surface area contributed by atoms with Crippen LogP contribution in [-0.2, 0) is 11.4 Å². The van der Waals surface area contributed by atoms with Gasteiger partial charge >= 0.3 is 0 Å². The fraction of sp³-hybridized carbons (Fsp3) is 0.219. The predicted molar refractivity (Wildman–Crippen MR) is 147 cm³/mol. The molecule has 4 aromatic rings. The smallest absolute Gasteiger partial charge is 0.162 e. The first kappa shape index (κ1) is 23.7. The molecule has 4 aromatic carbocycles. The molecule has 1 aliphatic heterocycles. The maximum Gasteiger partial charge on any atom is 0.162 e. The maximum absolute atomic E-state index is 14.1. The molecule has 1 heterocycles. The lowest BCUT2D eigenvalue weighted by molar-refractivity contribution is -0.118. The third kappa shape index (κ3) is 4.30. The fourth-order valence-corrected chi connectivity index (χ4v) is 5.89. The van der Waals surface area contributed by atoms with Crippen molar-refractivity contribution in [1.29, 1.82) is 0 Å². The van der Waals surface area contributed by atoms with Crippen molar-refractivity contribution in [2.75, 3.05) is 5.32 Å². The van der Waals surface area contributed by atoms with Crippen molar-refractivity contribution >= 4 is 39.4 Å². The Labute approximate surface area is 220 Å². The molecule has 0 aromatic heterocycles. The van der Waals surface area contributed by atoms with Gasteiger partial charge in [0.05, 0.1) is 11.1 Å². The highest BCUT2D eigenvalue weighted by Gasteiger charge is 2.40. The molecule has 0 saturated heterocycles. The second kappa shape index (κ2) is 9.04. The molecule has 2 aliphatic rings. The number of ether oxygens (including phenoxy) is 1. The van der Waals surface area contributed by atoms with Crippen LogP contribution < -0.4 is 10.1 Å². The molecule has 37 heavy (non-hydrogen) atoms. The number of benzene rings is 4. The summed E-state index contributed by atoms with van der Waals surface area (Å²) in [7, 11) is 0. The number of carbonyl (C=O) groups is 1. The monoisotopic (exact) mass is 511 g/mol. The van der Waals surface area contributed by atoms with E-state index in [0.717, 1.165) is 34.4 Å². The molecule has 0 amide bonds. The molecule has 3 nitrogen and oxygen atoms in total. The number of hydrogen-bond acceptors (Lipinski definition) is 3. The van der Waals surface area contributed by atoms with Crippen LogP contribution in [0.25, 0.3) is 16.3 Å². The molecule has 0 saturated carbocycles. The van der Waals surface area contributed by atoms with E-state index in [4.69, 9.17) is 16.3 Å². The van der Waals surface area contributed by atoms with Gasteiger partial charge in [-0.25, -0.2) is 4.39 Å². The number of ketones is 1. The molecule has 1 aliphatic carbocycles. The molecular formula is C32H27ClFNO2. The van der Waals surface area contributed by atoms with E-state index in [2.05, 4.69) is 49.5 Å². The van der Waals surface area contributed by atoms with Crippen molar-refractivity contribution in [3.63, 3.8) is 0 Å². The van der Waals surface area contributed by atoms with E-state index in [1.165, 1.54) is 16.8 Å². The summed E-state index contributed by atoms with van der Waals surface area (Å²) < 4.78 is 19.9. The zero-order valence-electron chi connectivity index (χ0n) is 20.8. The highest BCUT2D eigenvalue weighted by molar-refractivity contribution is 6.31. The topological polar surface area (TPSA) is 38.3 Å². The van der Waals surface area contributed by atoms with E-state index in [9.17, 15) is 9.18 Å². The van der Waals surface area contributed by atoms with Crippen LogP contribution in [0.3, 0.4) is 0 Å². The zero-order valence-corrected chi connectivity index (χ0v) is 21.5. The summed E-state index contributed by atoms with van der Waals surface area (Å²) >= 11 is 6.13. The molecule has 6 rings (SSSR count). The number of halogens is 2. The summed E-state index contributed by atoms with van der Waals surface area (Å²) in [6.07, 6.45) is 1.37. The van der Waals surface area contributed by atoms with Gasteiger partial charge < -0.3 is 10.1 Å². The van der Waals surface area contributed by atoms with E-state index < -0.39 is 0 Å². The lowest BCUT2D eigenvalue weighted by Crippen LogP contribution is -2.33. The predicted octanol–water partition coefficient (Wildman–Crippen LogP) is 8.52. The molecule has 0 radical (unpaired) electrons. The normalized spacial score (nSPS) is 18.3. The molecule has 0 fully saturated rings. The zero-order chi connectivity index (χ0) is 25.7. The lowest BCUT2D eigenvalue weighted by atomic mass is 9.68. The first-order valence-electron chi connectivity index (χ1n) is 12.5. The van der Waals surface area contributed by atoms with Gasteiger partial charge in [0, 0.05) is 28.8 Å². The number of allylic oxidation sites excluding steroid dienone is 1. The summed E-state index contributed by atoms with van der Waals surface area (Å²) in [6, 6.07) is 24.6. The van der Waals surface area contributed by atoms with Gasteiger partial charge in [-0.1, -0.05) is 74.0 Å². The number of carbonyl (C=O) groups excluding carboxylic acids is 1. The average Bonchev–Trinajstić information content (AvgIpc) is 2.87. The highest BCUT2D eigenvalue weighted by atomic mass is 35.5. The van der Waals surface area contributed by atoms with E-state index in [1.807, 2.05) is 30.3 Å². The van der Waals surface area contributed by atoms with Crippen LogP contribution >= 0.6 is 11.6 Å². The third-order valence-corrected chi connectivity index (χ3v) is 7.75. The first-order valence-corrected chi connectivity index (χ1v) is 12.9. The summed E-state index contributed by atoms with van der Waals surface area (Å²) in [5, 5.41) is 6.34. The quantitative estimate of drug-likeness (QED) is 0.298. The molecular weight excluding hydrogens is 485 g/mol. The van der Waals surface area contributed by atoms with Gasteiger partial charge in [0.1, 0.15) is 18.2 Å². The lowest BCUT2D eigenvalue weighted by Gasteiger charge is -2.40. The highest BCUT2D eigenvalue weighted by Crippen LogP contribution is 2.52. The fourth-order valence-electron chi connectivity index (χ4n) is 5.67. The minimum atomic E-state index is -0.389. The summed E-state index contributed by atoms with van der Waals surface area (Å²) in [5.41, 5.74) is 5.40. The molecule has 1 atom stereocenters. The standard InChI is InChI=1S/C32H27ClFNO2/c1-32(2)16-23-29-22-7-4-3-6-19(22)12-15-27(29)35-31(30(23)28(36)17-32)20-10-13-21(14-11-20)37-18-24-25(33)8-5-9-26(24)34/h3-15,31,35H,16-18H2,1-2H3. The Morgan fingerprint density at radius 1 is 0.973 bits per heavy atom. The Kier molecular flexibility index (Phi) is 5.80. The summed E-state index contributed by atoms with van der Waals surface area (Å²) in [4.78, 5) is 13.6. The van der Waals surface area contributed by atoms with Crippen LogP contribution in [-0.4, -0.2) is 5.78 Å². The van der Waals surface area contributed by atoms with Crippen LogP contribution in [0.1, 0.15) is 49.4 Å². The van der Waals surface area contributed by atoms with Crippen LogP contribution in [0.15, 0.2) is 84.4 Å². The maximum atomic E-state index is 14.1. The third-order valence-electron chi connectivity index (χ3n) is 7.40. The van der Waals surface area contributed by atoms with Crippen molar-refractivity contribution < 1.29 is 13.9 Å². The van der Waals surface area contributed by atoms with Crippen LogP contribution in [0.5, 0.6) is 5.75 Å². The van der Waals surface area contributed by atoms with Gasteiger partial charge in [-0.3, -0.25) is 4.79 Å². The number of fused-ring (bicyclic) bond motifs is 4. The second-order valence-corrected chi connectivity index (χ2v) is 11.1. The Bertz CT molecular complexity index is 1550. The van der Waals surface area contributed by atoms with E-state index >= 15 is 0 Å². The van der Waals surface area contributed by atoms with Crippen LogP contribution in [0, 0.1) is 11.2 Å². The van der Waals surface area contributed by atoms with Gasteiger partial charge in [-0.2, -0.15) is 0 Å². The largest absolute Gasteiger partial charge is 0.489 e. The number of Topliss-reactive ketones (excluding diaryl/α,β-unsaturated/α-hetero) is 1. The summed E-state index contributed by atoms with van der Waals surface area (Å²) in [6.45, 7) is 4.38. The van der Waals surface area contributed by atoms with Gasteiger partial charge in [0.15, 0.2) is 5.78 Å². The molecule has 0 spiro atoms. The Morgan fingerprint density at radius 2 is 1.76 bits per heavy atom. The van der Waals surface area contributed by atoms with Crippen LogP contribution in [0.4, 0.5) is 10.1 Å². The molecule has 5 heteroatoms. The van der Waals surface area contributed by atoms with Gasteiger partial charge in [-0.15, -0.1) is 0 Å². The average molecular weight is 512 g/mol. The minimum Gasteiger partial charge on any atom is -0.489 e. The SMILES string of the molecule is CC1(C)CC(=O)C2=C(C1)c1c(ccc3ccccc13)NC2c1ccc(OCc2c(F)cccc2Cl)cc1. The summed E-state index contributed by atoms with van der Waals surface area (Å²) in [5.74, 6) is 0.410. The van der Waals surface area contributed by atoms with Gasteiger partial charge in [-0.05, 0) is 64.1 Å². The Morgan fingerprint density at radius 3 is 2.54 bits per heavy atom. The minimum absolute atomic E-state index is 0.0376. The van der Waals surface area contributed by atoms with Crippen molar-refractivity contribution in [2.45, 2.75) is 39.3 Å². The molecule has 186 valence electrons. The van der Waals surface area contributed by atoms with E-state index in [-0.39, 0.29) is 29.7 Å². The van der Waals surface area contributed by atoms with E-state index in [0.29, 0.717) is 22.8 Å². The Balaban J connectivity index is 1.37. The van der Waals surface area contributed by atoms with Crippen molar-refractivity contribution in [1.82, 2.24) is 0 Å². The molecule has 1 N–H and O–H groups in total.